The molecule has 2 aliphatic rings. The molecule has 15 nitrogen and oxygen atoms in total. The molecule has 2 fully saturated rings. The van der Waals surface area contributed by atoms with E-state index >= 15 is 0 Å². The summed E-state index contributed by atoms with van der Waals surface area (Å²) in [5.41, 5.74) is 7.86. The third kappa shape index (κ3) is 9.06. The van der Waals surface area contributed by atoms with Crippen LogP contribution in [0.15, 0.2) is 76.8 Å². The number of thiazole rings is 1. The summed E-state index contributed by atoms with van der Waals surface area (Å²) in [5.74, 6) is -0.658. The van der Waals surface area contributed by atoms with Crippen LogP contribution in [0, 0.1) is 12.8 Å². The van der Waals surface area contributed by atoms with Gasteiger partial charge >= 0.3 is 0 Å². The van der Waals surface area contributed by atoms with Gasteiger partial charge in [0.2, 0.25) is 11.8 Å². The molecule has 60 heavy (non-hydrogen) atoms. The molecular weight excluding hydrogens is 783 g/mol. The number of phenols is 1. The number of aromatic hydroxyl groups is 1. The average molecular weight is 834 g/mol. The Kier molecular flexibility index (Phi) is 12.2. The van der Waals surface area contributed by atoms with E-state index in [-0.39, 0.29) is 42.5 Å². The number of aliphatic hydroxyl groups excluding tert-OH is 1. The van der Waals surface area contributed by atoms with E-state index in [1.54, 1.807) is 29.5 Å². The fraction of sp³-hybridized carbons (Fsp3) is 0.409. The van der Waals surface area contributed by atoms with Crippen LogP contribution in [0.4, 0.5) is 0 Å². The smallest absolute Gasteiger partial charge is 0.254 e. The quantitative estimate of drug-likeness (QED) is 0.108. The van der Waals surface area contributed by atoms with E-state index in [2.05, 4.69) is 46.5 Å². The molecule has 0 unspecified atom stereocenters. The van der Waals surface area contributed by atoms with Crippen LogP contribution in [0.2, 0.25) is 0 Å². The Balaban J connectivity index is 0.812. The van der Waals surface area contributed by atoms with Gasteiger partial charge in [0, 0.05) is 74.9 Å². The number of nitrogens with zero attached hydrogens (tertiary/aromatic N) is 7. The van der Waals surface area contributed by atoms with Crippen molar-refractivity contribution in [3.05, 3.63) is 95.0 Å². The summed E-state index contributed by atoms with van der Waals surface area (Å²) in [5, 5.41) is 37.7. The molecule has 2 aromatic carbocycles. The van der Waals surface area contributed by atoms with E-state index in [1.165, 1.54) is 4.90 Å². The van der Waals surface area contributed by atoms with Gasteiger partial charge in [-0.15, -0.1) is 21.5 Å². The van der Waals surface area contributed by atoms with E-state index in [1.807, 2.05) is 75.7 Å². The molecule has 0 bridgehead atoms. The number of carbonyl (C=O) groups is 2. The lowest BCUT2D eigenvalue weighted by molar-refractivity contribution is -0.141. The van der Waals surface area contributed by atoms with Crippen LogP contribution in [-0.2, 0) is 16.1 Å². The van der Waals surface area contributed by atoms with Crippen molar-refractivity contribution in [2.45, 2.75) is 64.8 Å². The number of β-amino-alcohol motifs (C(OH)–C–C–N with tert-alkyl or cyclic N) is 1. The Hall–Kier alpha value is -5.68. The number of aryl methyl sites for hydroxylation is 1. The van der Waals surface area contributed by atoms with Crippen molar-refractivity contribution in [3.8, 4) is 33.3 Å². The Morgan fingerprint density at radius 2 is 1.78 bits per heavy atom. The number of H-pyrrole nitrogens is 1. The second-order valence-electron chi connectivity index (χ2n) is 16.1. The molecule has 2 saturated heterocycles. The van der Waals surface area contributed by atoms with Gasteiger partial charge in [-0.3, -0.25) is 19.4 Å². The first kappa shape index (κ1) is 41.1. The largest absolute Gasteiger partial charge is 0.507 e. The number of piperazine rings is 1. The number of amides is 2. The highest BCUT2D eigenvalue weighted by molar-refractivity contribution is 7.13. The second-order valence-corrected chi connectivity index (χ2v) is 17.0. The SMILES string of the molecule is Cc1ncsc1-c1ccc([C@H](C)NC(=O)[C@@H]2C[C@@H](O)CN2C(=O)[C@@H](c2cc(OCCN3CCN(Cc4cc5cc(-c6ccccc6O)nnc5[nH]4)CC3)no2)C(C)C)cc1. The summed E-state index contributed by atoms with van der Waals surface area (Å²) in [6.45, 7) is 13.2. The van der Waals surface area contributed by atoms with Crippen molar-refractivity contribution in [3.63, 3.8) is 0 Å². The summed E-state index contributed by atoms with van der Waals surface area (Å²) in [6.07, 6.45) is -0.669. The van der Waals surface area contributed by atoms with Crippen molar-refractivity contribution in [1.82, 2.24) is 45.3 Å². The van der Waals surface area contributed by atoms with Crippen LogP contribution in [0.3, 0.4) is 0 Å². The molecule has 0 radical (unpaired) electrons. The molecule has 6 heterocycles. The van der Waals surface area contributed by atoms with Crippen molar-refractivity contribution >= 4 is 34.2 Å². The van der Waals surface area contributed by atoms with Crippen LogP contribution in [0.1, 0.15) is 61.9 Å². The molecule has 0 saturated carbocycles. The van der Waals surface area contributed by atoms with Crippen molar-refractivity contribution in [2.24, 2.45) is 5.92 Å². The van der Waals surface area contributed by atoms with Gasteiger partial charge in [-0.05, 0) is 60.3 Å². The van der Waals surface area contributed by atoms with Crippen LogP contribution >= 0.6 is 11.3 Å². The summed E-state index contributed by atoms with van der Waals surface area (Å²) < 4.78 is 11.7. The molecule has 2 amide bonds. The number of benzene rings is 2. The number of fused-ring (bicyclic) bond motifs is 1. The van der Waals surface area contributed by atoms with E-state index in [4.69, 9.17) is 9.26 Å². The number of para-hydroxylation sites is 1. The number of likely N-dealkylation sites (tertiary alicyclic amines) is 1. The summed E-state index contributed by atoms with van der Waals surface area (Å²) >= 11 is 1.59. The third-order valence-corrected chi connectivity index (χ3v) is 12.5. The van der Waals surface area contributed by atoms with Crippen molar-refractivity contribution in [2.75, 3.05) is 45.9 Å². The van der Waals surface area contributed by atoms with E-state index < -0.39 is 18.1 Å². The highest BCUT2D eigenvalue weighted by Gasteiger charge is 2.43. The third-order valence-electron chi connectivity index (χ3n) is 11.5. The van der Waals surface area contributed by atoms with Gasteiger partial charge in [0.15, 0.2) is 11.4 Å². The summed E-state index contributed by atoms with van der Waals surface area (Å²) in [7, 11) is 0. The Morgan fingerprint density at radius 3 is 2.52 bits per heavy atom. The van der Waals surface area contributed by atoms with Crippen LogP contribution in [-0.4, -0.2) is 120 Å². The van der Waals surface area contributed by atoms with Gasteiger partial charge in [-0.25, -0.2) is 4.98 Å². The fourth-order valence-electron chi connectivity index (χ4n) is 8.19. The first-order valence-corrected chi connectivity index (χ1v) is 21.4. The molecular formula is C44H51N9O6S. The zero-order valence-electron chi connectivity index (χ0n) is 34.2. The lowest BCUT2D eigenvalue weighted by atomic mass is 9.91. The number of nitrogens with one attached hydrogen (secondary N) is 2. The van der Waals surface area contributed by atoms with Gasteiger partial charge in [-0.2, -0.15) is 0 Å². The second kappa shape index (κ2) is 17.9. The van der Waals surface area contributed by atoms with E-state index in [0.717, 1.165) is 65.5 Å². The lowest BCUT2D eigenvalue weighted by Gasteiger charge is -2.34. The highest BCUT2D eigenvalue weighted by Crippen LogP contribution is 2.34. The molecule has 314 valence electrons. The summed E-state index contributed by atoms with van der Waals surface area (Å²) in [4.78, 5) is 42.9. The maximum atomic E-state index is 14.2. The molecule has 4 atom stereocenters. The summed E-state index contributed by atoms with van der Waals surface area (Å²) in [6, 6.07) is 19.7. The highest BCUT2D eigenvalue weighted by atomic mass is 32.1. The Morgan fingerprint density at radius 1 is 1.02 bits per heavy atom. The number of rotatable bonds is 14. The van der Waals surface area contributed by atoms with Gasteiger partial charge in [0.1, 0.15) is 24.3 Å². The fourth-order valence-corrected chi connectivity index (χ4v) is 9.00. The van der Waals surface area contributed by atoms with Crippen LogP contribution in [0.5, 0.6) is 11.6 Å². The average Bonchev–Trinajstić information content (AvgIpc) is 4.05. The number of hydrogen-bond acceptors (Lipinski definition) is 13. The predicted molar refractivity (Wildman–Crippen MR) is 227 cm³/mol. The molecule has 2 aliphatic heterocycles. The molecule has 8 rings (SSSR count). The molecule has 16 heteroatoms. The van der Waals surface area contributed by atoms with Gasteiger partial charge in [0.05, 0.1) is 33.9 Å². The van der Waals surface area contributed by atoms with E-state index in [0.29, 0.717) is 41.7 Å². The molecule has 6 aromatic rings. The van der Waals surface area contributed by atoms with Gasteiger partial charge in [0.25, 0.3) is 5.88 Å². The van der Waals surface area contributed by atoms with Crippen LogP contribution in [0.25, 0.3) is 32.7 Å². The number of aromatic nitrogens is 5. The predicted octanol–water partition coefficient (Wildman–Crippen LogP) is 5.53. The zero-order chi connectivity index (χ0) is 41.9. The monoisotopic (exact) mass is 833 g/mol. The standard InChI is InChI=1S/C44H51N9O6S/c1-26(2)40(44(57)53-24-33(54)21-36(53)43(56)46-27(3)29-9-11-30(12-10-29)41-28(4)45-25-60-41)38-22-39(50-59-38)58-18-17-51-13-15-52(16-14-51)23-32-19-31-20-35(48-49-42(31)47-32)34-7-5-6-8-37(34)55/h5-12,19-20,22,25-27,33,36,40,54-55H,13-18,21,23-24H2,1-4H3,(H,46,56)(H,47,49)/t27-,33+,36-,40+/m0/s1. The first-order chi connectivity index (χ1) is 29.0. The first-order valence-electron chi connectivity index (χ1n) is 20.5. The Labute approximate surface area is 352 Å². The van der Waals surface area contributed by atoms with Crippen LogP contribution < -0.4 is 10.1 Å². The minimum absolute atomic E-state index is 0.0559. The maximum Gasteiger partial charge on any atom is 0.254 e. The minimum Gasteiger partial charge on any atom is -0.507 e. The molecule has 0 aliphatic carbocycles. The topological polar surface area (TPSA) is 186 Å². The van der Waals surface area contributed by atoms with Gasteiger partial charge in [-0.1, -0.05) is 50.2 Å². The Bertz CT molecular complexity index is 2420. The normalized spacial score (nSPS) is 18.6. The van der Waals surface area contributed by atoms with Gasteiger partial charge < -0.3 is 34.7 Å². The van der Waals surface area contributed by atoms with Crippen molar-refractivity contribution in [1.29, 1.82) is 0 Å². The zero-order valence-corrected chi connectivity index (χ0v) is 35.1. The van der Waals surface area contributed by atoms with E-state index in [9.17, 15) is 19.8 Å². The van der Waals surface area contributed by atoms with Crippen molar-refractivity contribution < 1.29 is 29.1 Å². The molecule has 0 spiro atoms. The minimum atomic E-state index is -0.824. The molecule has 4 aromatic heterocycles. The maximum absolute atomic E-state index is 14.2. The molecule has 4 N–H and O–H groups in total. The number of carbonyl (C=O) groups excluding carboxylic acids is 2. The number of ether oxygens (including phenoxy) is 1. The number of aliphatic hydroxyl groups is 1. The number of phenolic OH excluding ortho intramolecular Hbond substituents is 1. The number of hydrogen-bond donors (Lipinski definition) is 4. The number of aromatic amines is 1. The lowest BCUT2D eigenvalue weighted by Crippen LogP contribution is -2.48.